The Balaban J connectivity index is 1.94. The van der Waals surface area contributed by atoms with E-state index in [9.17, 15) is 22.8 Å². The molecule has 1 aromatic rings. The van der Waals surface area contributed by atoms with Gasteiger partial charge in [-0.3, -0.25) is 9.59 Å². The highest BCUT2D eigenvalue weighted by molar-refractivity contribution is 5.93. The summed E-state index contributed by atoms with van der Waals surface area (Å²) < 4.78 is 48.8. The summed E-state index contributed by atoms with van der Waals surface area (Å²) in [6.07, 6.45) is -2.24. The molecule has 0 aromatic carbocycles. The molecule has 2 rings (SSSR count). The number of hydrogen-bond donors (Lipinski definition) is 2. The number of aromatic nitrogens is 1. The molecule has 1 saturated heterocycles. The van der Waals surface area contributed by atoms with E-state index in [1.165, 1.54) is 6.92 Å². The normalized spacial score (nSPS) is 19.8. The fraction of sp³-hybridized carbons (Fsp3) is 0.600. The van der Waals surface area contributed by atoms with Crippen molar-refractivity contribution in [2.24, 2.45) is 0 Å². The van der Waals surface area contributed by atoms with Crippen LogP contribution in [0.15, 0.2) is 17.1 Å². The van der Waals surface area contributed by atoms with Crippen molar-refractivity contribution in [1.29, 1.82) is 0 Å². The lowest BCUT2D eigenvalue weighted by Gasteiger charge is -2.23. The topological polar surface area (TPSA) is 80.4 Å². The van der Waals surface area contributed by atoms with E-state index >= 15 is 0 Å². The first kappa shape index (κ1) is 18.5. The number of amides is 1. The number of halogens is 3. The van der Waals surface area contributed by atoms with Crippen molar-refractivity contribution in [3.63, 3.8) is 0 Å². The van der Waals surface area contributed by atoms with Gasteiger partial charge in [-0.15, -0.1) is 0 Å². The molecule has 1 fully saturated rings. The molecular formula is C15H19F3N2O4. The summed E-state index contributed by atoms with van der Waals surface area (Å²) in [4.78, 5) is 25.5. The van der Waals surface area contributed by atoms with Crippen molar-refractivity contribution in [3.05, 3.63) is 28.2 Å². The zero-order chi connectivity index (χ0) is 17.7. The van der Waals surface area contributed by atoms with Gasteiger partial charge in [0.05, 0.1) is 18.3 Å². The Labute approximate surface area is 136 Å². The lowest BCUT2D eigenvalue weighted by molar-refractivity contribution is -0.138. The Morgan fingerprint density at radius 3 is 2.88 bits per heavy atom. The van der Waals surface area contributed by atoms with Gasteiger partial charge in [0, 0.05) is 12.8 Å². The molecule has 0 radical (unpaired) electrons. The summed E-state index contributed by atoms with van der Waals surface area (Å²) in [6, 6.07) is 0.591. The Bertz CT molecular complexity index is 624. The number of nitrogens with one attached hydrogen (secondary N) is 2. The van der Waals surface area contributed by atoms with Gasteiger partial charge in [0.1, 0.15) is 11.8 Å². The largest absolute Gasteiger partial charge is 0.417 e. The molecule has 2 heterocycles. The van der Waals surface area contributed by atoms with Crippen LogP contribution in [0.25, 0.3) is 0 Å². The molecule has 0 aliphatic carbocycles. The van der Waals surface area contributed by atoms with Gasteiger partial charge in [-0.25, -0.2) is 0 Å². The molecule has 2 atom stereocenters. The number of hydrogen-bond acceptors (Lipinski definition) is 4. The Morgan fingerprint density at radius 2 is 2.25 bits per heavy atom. The predicted molar refractivity (Wildman–Crippen MR) is 79.7 cm³/mol. The molecule has 1 aliphatic rings. The Morgan fingerprint density at radius 1 is 1.50 bits per heavy atom. The molecule has 6 nitrogen and oxygen atoms in total. The van der Waals surface area contributed by atoms with E-state index in [0.29, 0.717) is 18.9 Å². The van der Waals surface area contributed by atoms with Crippen LogP contribution in [0.2, 0.25) is 0 Å². The van der Waals surface area contributed by atoms with Crippen molar-refractivity contribution in [3.8, 4) is 0 Å². The highest BCUT2D eigenvalue weighted by Crippen LogP contribution is 2.29. The molecule has 0 bridgehead atoms. The van der Waals surface area contributed by atoms with E-state index in [1.54, 1.807) is 0 Å². The number of carbonyl (C=O) groups is 1. The van der Waals surface area contributed by atoms with Gasteiger partial charge in [-0.2, -0.15) is 13.2 Å². The van der Waals surface area contributed by atoms with Crippen LogP contribution in [-0.2, 0) is 20.4 Å². The molecule has 134 valence electrons. The van der Waals surface area contributed by atoms with Gasteiger partial charge < -0.3 is 19.8 Å². The second-order valence-electron chi connectivity index (χ2n) is 5.58. The molecule has 24 heavy (non-hydrogen) atoms. The smallest absolute Gasteiger partial charge is 0.376 e. The molecule has 9 heteroatoms. The maximum absolute atomic E-state index is 12.6. The maximum Gasteiger partial charge on any atom is 0.417 e. The molecule has 1 aliphatic heterocycles. The first-order chi connectivity index (χ1) is 11.3. The second-order valence-corrected chi connectivity index (χ2v) is 5.58. The van der Waals surface area contributed by atoms with E-state index in [0.717, 1.165) is 19.3 Å². The van der Waals surface area contributed by atoms with Crippen LogP contribution in [0, 0.1) is 0 Å². The van der Waals surface area contributed by atoms with Crippen molar-refractivity contribution in [2.45, 2.75) is 44.6 Å². The zero-order valence-corrected chi connectivity index (χ0v) is 13.1. The summed E-state index contributed by atoms with van der Waals surface area (Å²) in [5, 5.41) is 2.16. The second kappa shape index (κ2) is 7.80. The van der Waals surface area contributed by atoms with E-state index in [-0.39, 0.29) is 12.7 Å². The van der Waals surface area contributed by atoms with Gasteiger partial charge in [-0.05, 0) is 32.3 Å². The third-order valence-electron chi connectivity index (χ3n) is 3.66. The maximum atomic E-state index is 12.6. The SMILES string of the molecule is C[C@H](OC[C@@H]1CCCCO1)C(=O)Nc1cc(C(F)(F)F)c[nH]c1=O. The number of pyridine rings is 1. The summed E-state index contributed by atoms with van der Waals surface area (Å²) in [7, 11) is 0. The van der Waals surface area contributed by atoms with Crippen LogP contribution in [0.3, 0.4) is 0 Å². The lowest BCUT2D eigenvalue weighted by Crippen LogP contribution is -2.34. The average Bonchev–Trinajstić information content (AvgIpc) is 2.54. The predicted octanol–water partition coefficient (Wildman–Crippen LogP) is 2.31. The van der Waals surface area contributed by atoms with Crippen LogP contribution in [0.1, 0.15) is 31.7 Å². The molecule has 0 unspecified atom stereocenters. The third-order valence-corrected chi connectivity index (χ3v) is 3.66. The number of ether oxygens (including phenoxy) is 2. The van der Waals surface area contributed by atoms with Crippen LogP contribution < -0.4 is 10.9 Å². The molecule has 1 aromatic heterocycles. The zero-order valence-electron chi connectivity index (χ0n) is 13.1. The number of H-pyrrole nitrogens is 1. The van der Waals surface area contributed by atoms with Crippen LogP contribution in [0.5, 0.6) is 0 Å². The van der Waals surface area contributed by atoms with E-state index in [2.05, 4.69) is 5.32 Å². The fourth-order valence-electron chi connectivity index (χ4n) is 2.24. The first-order valence-electron chi connectivity index (χ1n) is 7.61. The van der Waals surface area contributed by atoms with Crippen LogP contribution in [-0.4, -0.2) is 36.3 Å². The van der Waals surface area contributed by atoms with Gasteiger partial charge in [0.2, 0.25) is 0 Å². The minimum atomic E-state index is -4.62. The molecule has 1 amide bonds. The number of aromatic amines is 1. The highest BCUT2D eigenvalue weighted by atomic mass is 19.4. The highest BCUT2D eigenvalue weighted by Gasteiger charge is 2.31. The number of alkyl halides is 3. The van der Waals surface area contributed by atoms with E-state index in [4.69, 9.17) is 9.47 Å². The monoisotopic (exact) mass is 348 g/mol. The third kappa shape index (κ3) is 5.07. The molecule has 2 N–H and O–H groups in total. The minimum absolute atomic E-state index is 0.0917. The van der Waals surface area contributed by atoms with Crippen LogP contribution in [0.4, 0.5) is 18.9 Å². The van der Waals surface area contributed by atoms with E-state index < -0.39 is 35.0 Å². The Hall–Kier alpha value is -1.87. The van der Waals surface area contributed by atoms with Crippen molar-refractivity contribution in [2.75, 3.05) is 18.5 Å². The summed E-state index contributed by atoms with van der Waals surface area (Å²) >= 11 is 0. The number of rotatable bonds is 5. The summed E-state index contributed by atoms with van der Waals surface area (Å²) in [5.74, 6) is -0.698. The molecule has 0 spiro atoms. The van der Waals surface area contributed by atoms with Gasteiger partial charge in [0.15, 0.2) is 0 Å². The van der Waals surface area contributed by atoms with Gasteiger partial charge in [-0.1, -0.05) is 0 Å². The fourth-order valence-corrected chi connectivity index (χ4v) is 2.24. The van der Waals surface area contributed by atoms with Gasteiger partial charge in [0.25, 0.3) is 11.5 Å². The summed E-state index contributed by atoms with van der Waals surface area (Å²) in [5.41, 5.74) is -2.35. The summed E-state index contributed by atoms with van der Waals surface area (Å²) in [6.45, 7) is 2.32. The minimum Gasteiger partial charge on any atom is -0.376 e. The Kier molecular flexibility index (Phi) is 6.00. The number of anilines is 1. The van der Waals surface area contributed by atoms with Crippen molar-refractivity contribution < 1.29 is 27.4 Å². The molecule has 0 saturated carbocycles. The average molecular weight is 348 g/mol. The standard InChI is InChI=1S/C15H19F3N2O4/c1-9(24-8-11-4-2-3-5-23-11)13(21)20-12-6-10(15(16,17)18)7-19-14(12)22/h6-7,9,11H,2-5,8H2,1H3,(H,19,22)(H,20,21)/t9-,11-/m0/s1. The lowest BCUT2D eigenvalue weighted by atomic mass is 10.1. The van der Waals surface area contributed by atoms with Gasteiger partial charge >= 0.3 is 6.18 Å². The van der Waals surface area contributed by atoms with Crippen molar-refractivity contribution in [1.82, 2.24) is 4.98 Å². The van der Waals surface area contributed by atoms with Crippen LogP contribution >= 0.6 is 0 Å². The number of carbonyl (C=O) groups excluding carboxylic acids is 1. The van der Waals surface area contributed by atoms with E-state index in [1.807, 2.05) is 4.98 Å². The first-order valence-corrected chi connectivity index (χ1v) is 7.61. The van der Waals surface area contributed by atoms with Crippen molar-refractivity contribution >= 4 is 11.6 Å². The quantitative estimate of drug-likeness (QED) is 0.856. The molecular weight excluding hydrogens is 329 g/mol.